The lowest BCUT2D eigenvalue weighted by Gasteiger charge is -2.47. The first kappa shape index (κ1) is 14.8. The van der Waals surface area contributed by atoms with Crippen LogP contribution >= 0.6 is 11.9 Å². The van der Waals surface area contributed by atoms with Crippen molar-refractivity contribution in [1.29, 1.82) is 0 Å². The molecule has 120 valence electrons. The van der Waals surface area contributed by atoms with E-state index >= 15 is 0 Å². The topological polar surface area (TPSA) is 52.7 Å². The van der Waals surface area contributed by atoms with Crippen LogP contribution in [0.5, 0.6) is 0 Å². The summed E-state index contributed by atoms with van der Waals surface area (Å²) in [5, 5.41) is 0. The number of rotatable bonds is 3. The number of fused-ring (bicyclic) bond motifs is 4. The van der Waals surface area contributed by atoms with E-state index in [9.17, 15) is 8.42 Å². The number of benzene rings is 1. The number of nitrogens with one attached hydrogen (secondary N) is 1. The molecule has 2 bridgehead atoms. The summed E-state index contributed by atoms with van der Waals surface area (Å²) in [6.45, 7) is 4.67. The van der Waals surface area contributed by atoms with Crippen molar-refractivity contribution >= 4 is 27.7 Å². The lowest BCUT2D eigenvalue weighted by molar-refractivity contribution is 0.0420. The summed E-state index contributed by atoms with van der Waals surface area (Å²) < 4.78 is 27.8. The second-order valence-corrected chi connectivity index (χ2v) is 9.41. The first-order chi connectivity index (χ1) is 10.5. The van der Waals surface area contributed by atoms with Gasteiger partial charge in [-0.05, 0) is 61.5 Å². The molecule has 4 heterocycles. The predicted molar refractivity (Wildman–Crippen MR) is 89.3 cm³/mol. The molecular weight excluding hydrogens is 318 g/mol. The van der Waals surface area contributed by atoms with Crippen molar-refractivity contribution in [3.63, 3.8) is 0 Å². The molecule has 4 aliphatic rings. The van der Waals surface area contributed by atoms with Crippen LogP contribution in [0.25, 0.3) is 0 Å². The summed E-state index contributed by atoms with van der Waals surface area (Å²) in [6.07, 6.45) is 3.82. The largest absolute Gasteiger partial charge is 0.302 e. The Morgan fingerprint density at radius 3 is 2.68 bits per heavy atom. The van der Waals surface area contributed by atoms with Crippen LogP contribution in [0.15, 0.2) is 23.1 Å². The van der Waals surface area contributed by atoms with Crippen molar-refractivity contribution in [3.8, 4) is 0 Å². The number of nitrogens with zero attached hydrogens (tertiary/aromatic N) is 2. The molecule has 1 N–H and O–H groups in total. The van der Waals surface area contributed by atoms with Crippen LogP contribution in [0.1, 0.15) is 18.4 Å². The quantitative estimate of drug-likeness (QED) is 0.854. The Kier molecular flexibility index (Phi) is 3.64. The average molecular weight is 339 g/mol. The second-order valence-electron chi connectivity index (χ2n) is 6.57. The van der Waals surface area contributed by atoms with E-state index in [1.54, 1.807) is 11.9 Å². The molecule has 3 fully saturated rings. The highest BCUT2D eigenvalue weighted by Crippen LogP contribution is 2.43. The molecule has 0 unspecified atom stereocenters. The van der Waals surface area contributed by atoms with Gasteiger partial charge in [-0.2, -0.15) is 0 Å². The third kappa shape index (κ3) is 2.87. The standard InChI is InChI=1S/C15H21N3O2S2/c1-22(19,20)16-13-3-2-12-9-18(21-15(12)8-13)14-10-17-6-4-11(14)5-7-17/h2-3,8,11,14,16H,4-7,9-10H2,1H3/t14-/m1/s1. The molecule has 5 nitrogen and oxygen atoms in total. The number of anilines is 1. The molecule has 0 aliphatic carbocycles. The Labute approximate surface area is 136 Å². The van der Waals surface area contributed by atoms with Crippen LogP contribution in [0, 0.1) is 5.92 Å². The van der Waals surface area contributed by atoms with E-state index in [-0.39, 0.29) is 0 Å². The lowest BCUT2D eigenvalue weighted by atomic mass is 9.84. The maximum Gasteiger partial charge on any atom is 0.229 e. The fourth-order valence-electron chi connectivity index (χ4n) is 3.82. The van der Waals surface area contributed by atoms with E-state index in [1.807, 2.05) is 12.1 Å². The molecule has 22 heavy (non-hydrogen) atoms. The highest BCUT2D eigenvalue weighted by molar-refractivity contribution is 7.97. The van der Waals surface area contributed by atoms with Crippen LogP contribution in [0.3, 0.4) is 0 Å². The smallest absolute Gasteiger partial charge is 0.229 e. The van der Waals surface area contributed by atoms with E-state index < -0.39 is 10.0 Å². The first-order valence-corrected chi connectivity index (χ1v) is 10.4. The molecule has 5 rings (SSSR count). The molecule has 4 aliphatic heterocycles. The molecule has 7 heteroatoms. The minimum Gasteiger partial charge on any atom is -0.302 e. The molecular formula is C15H21N3O2S2. The van der Waals surface area contributed by atoms with Crippen molar-refractivity contribution in [3.05, 3.63) is 23.8 Å². The Bertz CT molecular complexity index is 684. The zero-order valence-corrected chi connectivity index (χ0v) is 14.3. The van der Waals surface area contributed by atoms with Crippen molar-refractivity contribution in [2.75, 3.05) is 30.6 Å². The van der Waals surface area contributed by atoms with Gasteiger partial charge in [0.05, 0.1) is 6.26 Å². The summed E-state index contributed by atoms with van der Waals surface area (Å²) >= 11 is 1.79. The van der Waals surface area contributed by atoms with Gasteiger partial charge in [-0.3, -0.25) is 4.72 Å². The number of piperidine rings is 3. The average Bonchev–Trinajstić information content (AvgIpc) is 2.90. The minimum absolute atomic E-state index is 0.631. The Morgan fingerprint density at radius 2 is 2.05 bits per heavy atom. The highest BCUT2D eigenvalue weighted by Gasteiger charge is 2.39. The normalized spacial score (nSPS) is 31.2. The summed E-state index contributed by atoms with van der Waals surface area (Å²) in [5.41, 5.74) is 1.96. The predicted octanol–water partition coefficient (Wildman–Crippen LogP) is 1.98. The monoisotopic (exact) mass is 339 g/mol. The Balaban J connectivity index is 1.51. The van der Waals surface area contributed by atoms with Crippen LogP contribution in [0.2, 0.25) is 0 Å². The summed E-state index contributed by atoms with van der Waals surface area (Å²) in [4.78, 5) is 3.76. The van der Waals surface area contributed by atoms with Crippen molar-refractivity contribution in [1.82, 2.24) is 9.21 Å². The van der Waals surface area contributed by atoms with Gasteiger partial charge in [0.1, 0.15) is 0 Å². The summed E-state index contributed by atoms with van der Waals surface area (Å²) in [7, 11) is -3.22. The van der Waals surface area contributed by atoms with Crippen LogP contribution in [0.4, 0.5) is 5.69 Å². The zero-order valence-electron chi connectivity index (χ0n) is 12.7. The van der Waals surface area contributed by atoms with Gasteiger partial charge in [0, 0.05) is 29.7 Å². The number of sulfonamides is 1. The van der Waals surface area contributed by atoms with Gasteiger partial charge in [-0.15, -0.1) is 0 Å². The van der Waals surface area contributed by atoms with Crippen LogP contribution < -0.4 is 4.72 Å². The maximum atomic E-state index is 11.4. The van der Waals surface area contributed by atoms with Crippen molar-refractivity contribution in [2.45, 2.75) is 30.3 Å². The maximum absolute atomic E-state index is 11.4. The number of hydrogen-bond acceptors (Lipinski definition) is 5. The van der Waals surface area contributed by atoms with E-state index in [2.05, 4.69) is 20.0 Å². The van der Waals surface area contributed by atoms with Crippen LogP contribution in [-0.4, -0.2) is 49.6 Å². The van der Waals surface area contributed by atoms with Gasteiger partial charge in [0.15, 0.2) is 0 Å². The fourth-order valence-corrected chi connectivity index (χ4v) is 5.63. The minimum atomic E-state index is -3.22. The van der Waals surface area contributed by atoms with Gasteiger partial charge >= 0.3 is 0 Å². The first-order valence-electron chi connectivity index (χ1n) is 7.76. The molecule has 0 saturated carbocycles. The zero-order chi connectivity index (χ0) is 15.3. The van der Waals surface area contributed by atoms with Gasteiger partial charge in [-0.25, -0.2) is 12.7 Å². The van der Waals surface area contributed by atoms with Gasteiger partial charge in [0.25, 0.3) is 0 Å². The molecule has 0 radical (unpaired) electrons. The fraction of sp³-hybridized carbons (Fsp3) is 0.600. The van der Waals surface area contributed by atoms with E-state index in [1.165, 1.54) is 49.2 Å². The van der Waals surface area contributed by atoms with Gasteiger partial charge in [0.2, 0.25) is 10.0 Å². The molecule has 3 saturated heterocycles. The lowest BCUT2D eigenvalue weighted by Crippen LogP contribution is -2.54. The highest BCUT2D eigenvalue weighted by atomic mass is 32.2. The van der Waals surface area contributed by atoms with Crippen molar-refractivity contribution < 1.29 is 8.42 Å². The second kappa shape index (κ2) is 5.40. The molecule has 1 aromatic rings. The molecule has 1 atom stereocenters. The number of hydrogen-bond donors (Lipinski definition) is 1. The van der Waals surface area contributed by atoms with Crippen LogP contribution in [-0.2, 0) is 16.6 Å². The van der Waals surface area contributed by atoms with Gasteiger partial charge in [-0.1, -0.05) is 6.07 Å². The summed E-state index contributed by atoms with van der Waals surface area (Å²) in [5.74, 6) is 0.820. The molecule has 0 aromatic heterocycles. The van der Waals surface area contributed by atoms with E-state index in [4.69, 9.17) is 0 Å². The van der Waals surface area contributed by atoms with E-state index in [0.717, 1.165) is 12.5 Å². The Morgan fingerprint density at radius 1 is 1.27 bits per heavy atom. The third-order valence-electron chi connectivity index (χ3n) is 4.90. The van der Waals surface area contributed by atoms with E-state index in [0.29, 0.717) is 11.7 Å². The summed E-state index contributed by atoms with van der Waals surface area (Å²) in [6, 6.07) is 6.51. The SMILES string of the molecule is CS(=O)(=O)Nc1ccc2c(c1)SN([C@@H]1CN3CCC1CC3)C2. The Hall–Kier alpha value is -0.760. The molecule has 0 spiro atoms. The van der Waals surface area contributed by atoms with Crippen molar-refractivity contribution in [2.24, 2.45) is 5.92 Å². The van der Waals surface area contributed by atoms with Gasteiger partial charge < -0.3 is 4.90 Å². The molecule has 0 amide bonds. The molecule has 1 aromatic carbocycles. The third-order valence-corrected chi connectivity index (χ3v) is 6.72.